The second-order valence-corrected chi connectivity index (χ2v) is 11.7. The van der Waals surface area contributed by atoms with E-state index in [1.165, 1.54) is 4.90 Å². The fourth-order valence-electron chi connectivity index (χ4n) is 6.07. The minimum atomic E-state index is -0.868. The molecule has 0 radical (unpaired) electrons. The van der Waals surface area contributed by atoms with Crippen LogP contribution in [0.4, 0.5) is 17.1 Å². The van der Waals surface area contributed by atoms with Crippen LogP contribution in [0.3, 0.4) is 0 Å². The van der Waals surface area contributed by atoms with Gasteiger partial charge in [-0.3, -0.25) is 0 Å². The average molecular weight is 667 g/mol. The summed E-state index contributed by atoms with van der Waals surface area (Å²) < 4.78 is 153. The molecule has 240 valence electrons. The highest BCUT2D eigenvalue weighted by Crippen LogP contribution is 2.40. The van der Waals surface area contributed by atoms with Crippen molar-refractivity contribution in [3.63, 3.8) is 0 Å². The van der Waals surface area contributed by atoms with Gasteiger partial charge < -0.3 is 4.90 Å². The maximum Gasteiger partial charge on any atom is 0.0651 e. The lowest BCUT2D eigenvalue weighted by atomic mass is 9.97. The summed E-state index contributed by atoms with van der Waals surface area (Å²) in [6, 6.07) is 20.3. The Morgan fingerprint density at radius 2 is 0.941 bits per heavy atom. The van der Waals surface area contributed by atoms with Crippen molar-refractivity contribution in [1.82, 2.24) is 0 Å². The predicted octanol–water partition coefficient (Wildman–Crippen LogP) is 14.1. The molecule has 0 unspecified atom stereocenters. The second-order valence-electron chi connectivity index (χ2n) is 11.7. The number of fused-ring (bicyclic) bond motifs is 2. The lowest BCUT2D eigenvalue weighted by Crippen LogP contribution is -2.10. The zero-order valence-corrected chi connectivity index (χ0v) is 26.8. The average Bonchev–Trinajstić information content (AvgIpc) is 3.34. The molecule has 0 aromatic heterocycles. The summed E-state index contributed by atoms with van der Waals surface area (Å²) in [7, 11) is 0. The number of rotatable bonds is 7. The van der Waals surface area contributed by atoms with E-state index in [0.29, 0.717) is 16.5 Å². The molecule has 0 amide bonds. The molecule has 0 aliphatic carbocycles. The van der Waals surface area contributed by atoms with Gasteiger partial charge in [0.05, 0.1) is 23.3 Å². The minimum Gasteiger partial charge on any atom is -0.310 e. The van der Waals surface area contributed by atoms with Crippen molar-refractivity contribution in [2.24, 2.45) is 0 Å². The second kappa shape index (κ2) is 13.3. The Hall–Kier alpha value is -6.70. The van der Waals surface area contributed by atoms with Crippen LogP contribution in [-0.4, -0.2) is 0 Å². The van der Waals surface area contributed by atoms with Gasteiger partial charge >= 0.3 is 0 Å². The molecule has 9 aromatic rings. The van der Waals surface area contributed by atoms with Gasteiger partial charge in [0.1, 0.15) is 0 Å². The number of benzene rings is 9. The van der Waals surface area contributed by atoms with Gasteiger partial charge in [0.25, 0.3) is 0 Å². The van der Waals surface area contributed by atoms with E-state index < -0.39 is 131 Å². The summed E-state index contributed by atoms with van der Waals surface area (Å²) >= 11 is 0. The van der Waals surface area contributed by atoms with Gasteiger partial charge in [0.15, 0.2) is 0 Å². The largest absolute Gasteiger partial charge is 0.310 e. The molecule has 9 rings (SSSR count). The molecule has 51 heavy (non-hydrogen) atoms. The van der Waals surface area contributed by atoms with Crippen molar-refractivity contribution in [3.05, 3.63) is 212 Å². The van der Waals surface area contributed by atoms with E-state index in [1.807, 2.05) is 66.7 Å². The van der Waals surface area contributed by atoms with Crippen LogP contribution >= 0.6 is 0 Å². The molecular formula is C50H35N. The summed E-state index contributed by atoms with van der Waals surface area (Å²) in [6.45, 7) is 0. The number of hydrogen-bond donors (Lipinski definition) is 0. The maximum absolute atomic E-state index is 9.83. The van der Waals surface area contributed by atoms with Crippen molar-refractivity contribution in [2.45, 2.75) is 0 Å². The van der Waals surface area contributed by atoms with Gasteiger partial charge in [0.2, 0.25) is 0 Å². The zero-order valence-electron chi connectivity index (χ0n) is 43.8. The summed E-state index contributed by atoms with van der Waals surface area (Å²) in [6.07, 6.45) is 0. The third-order valence-electron chi connectivity index (χ3n) is 8.54. The van der Waals surface area contributed by atoms with Crippen LogP contribution in [0.2, 0.25) is 0 Å². The molecule has 1 nitrogen and oxygen atoms in total. The zero-order chi connectivity index (χ0) is 48.8. The van der Waals surface area contributed by atoms with E-state index >= 15 is 0 Å². The molecule has 0 fully saturated rings. The Labute approximate surface area is 323 Å². The molecule has 0 bridgehead atoms. The lowest BCUT2D eigenvalue weighted by molar-refractivity contribution is 1.28. The normalized spacial score (nSPS) is 15.8. The first kappa shape index (κ1) is 17.3. The number of nitrogens with zero attached hydrogens (tertiary/aromatic N) is 1. The Bertz CT molecular complexity index is 3530. The maximum atomic E-state index is 9.83. The highest BCUT2D eigenvalue weighted by molar-refractivity contribution is 5.97. The van der Waals surface area contributed by atoms with Crippen molar-refractivity contribution in [3.8, 4) is 44.5 Å². The van der Waals surface area contributed by atoms with Crippen LogP contribution in [0.1, 0.15) is 23.3 Å². The third-order valence-corrected chi connectivity index (χ3v) is 8.54. The summed E-state index contributed by atoms with van der Waals surface area (Å²) in [5.74, 6) is 0. The predicted molar refractivity (Wildman–Crippen MR) is 218 cm³/mol. The molecule has 0 atom stereocenters. The lowest BCUT2D eigenvalue weighted by Gasteiger charge is -2.27. The van der Waals surface area contributed by atoms with Crippen molar-refractivity contribution >= 4 is 38.6 Å². The highest BCUT2D eigenvalue weighted by Gasteiger charge is 2.16. The topological polar surface area (TPSA) is 3.24 Å². The molecule has 0 saturated heterocycles. The number of hydrogen-bond acceptors (Lipinski definition) is 1. The Morgan fingerprint density at radius 3 is 1.73 bits per heavy atom. The SMILES string of the molecule is [2H]c1c([2H])c([2H])c(-c2c([2H])c([2H])c(-c3c([2H])c([2H])c(N(c4cccc(-c5ccc6ccccc6c5)c4)c4c([2H])c([2H])c([2H])c(-c5cccc6ccccc56)c4[2H])c([2H])c3[2H])c([2H])c2[2H])c([2H])c1[2H]. The van der Waals surface area contributed by atoms with Crippen LogP contribution in [-0.2, 0) is 0 Å². The molecule has 9 aromatic carbocycles. The van der Waals surface area contributed by atoms with Gasteiger partial charge in [-0.1, -0.05) is 170 Å². The molecule has 0 aliphatic heterocycles. The van der Waals surface area contributed by atoms with E-state index in [9.17, 15) is 8.22 Å². The first-order chi connectivity index (χ1) is 32.4. The van der Waals surface area contributed by atoms with Gasteiger partial charge in [-0.25, -0.2) is 0 Å². The van der Waals surface area contributed by atoms with E-state index in [1.54, 1.807) is 42.5 Å². The van der Waals surface area contributed by atoms with Gasteiger partial charge in [-0.2, -0.15) is 0 Å². The Balaban J connectivity index is 1.33. The van der Waals surface area contributed by atoms with Crippen LogP contribution in [0.5, 0.6) is 0 Å². The smallest absolute Gasteiger partial charge is 0.0651 e. The first-order valence-corrected chi connectivity index (χ1v) is 16.1. The standard InChI is InChI=1S/C50H35N/c1-2-11-36(12-3-1)38-23-25-39(26-24-38)40-29-31-46(32-30-40)51(47-19-8-17-43(34-47)44-28-27-37-13-4-5-15-42(37)33-44)48-20-9-18-45(35-48)50-22-10-16-41-14-6-7-21-49(41)50/h1-35H/i1D,2D,3D,9D,11D,12D,18D,20D,23D,24D,25D,26D,29D,30D,31D,32D,35D. The van der Waals surface area contributed by atoms with E-state index in [2.05, 4.69) is 0 Å². The molecule has 0 N–H and O–H groups in total. The molecule has 0 spiro atoms. The monoisotopic (exact) mass is 666 g/mol. The third kappa shape index (κ3) is 6.07. The van der Waals surface area contributed by atoms with Crippen LogP contribution in [0.25, 0.3) is 66.1 Å². The fraction of sp³-hybridized carbons (Fsp3) is 0. The van der Waals surface area contributed by atoms with E-state index in [-0.39, 0.29) is 16.9 Å². The van der Waals surface area contributed by atoms with E-state index in [4.69, 9.17) is 15.1 Å². The molecular weight excluding hydrogens is 615 g/mol. The van der Waals surface area contributed by atoms with Crippen molar-refractivity contribution in [2.75, 3.05) is 4.90 Å². The van der Waals surface area contributed by atoms with Gasteiger partial charge in [0, 0.05) is 17.1 Å². The van der Waals surface area contributed by atoms with Gasteiger partial charge in [-0.15, -0.1) is 0 Å². The highest BCUT2D eigenvalue weighted by atomic mass is 15.1. The number of anilines is 3. The Morgan fingerprint density at radius 1 is 0.333 bits per heavy atom. The quantitative estimate of drug-likeness (QED) is 0.164. The summed E-state index contributed by atoms with van der Waals surface area (Å²) in [5, 5.41) is 3.35. The molecule has 1 heteroatoms. The molecule has 0 heterocycles. The van der Waals surface area contributed by atoms with Crippen molar-refractivity contribution < 1.29 is 23.3 Å². The Kier molecular flexibility index (Phi) is 4.51. The summed E-state index contributed by atoms with van der Waals surface area (Å²) in [4.78, 5) is 1.18. The van der Waals surface area contributed by atoms with Crippen LogP contribution < -0.4 is 4.90 Å². The minimum absolute atomic E-state index is 0.0248. The van der Waals surface area contributed by atoms with Crippen LogP contribution in [0.15, 0.2) is 212 Å². The van der Waals surface area contributed by atoms with E-state index in [0.717, 1.165) is 21.7 Å². The molecule has 0 saturated carbocycles. The summed E-state index contributed by atoms with van der Waals surface area (Å²) in [5.41, 5.74) is -1.43. The molecule has 0 aliphatic rings. The first-order valence-electron chi connectivity index (χ1n) is 24.6. The fourth-order valence-corrected chi connectivity index (χ4v) is 6.07. The van der Waals surface area contributed by atoms with Crippen LogP contribution in [0, 0.1) is 0 Å². The van der Waals surface area contributed by atoms with Gasteiger partial charge in [-0.05, 0) is 108 Å². The van der Waals surface area contributed by atoms with Crippen molar-refractivity contribution in [1.29, 1.82) is 0 Å².